The highest BCUT2D eigenvalue weighted by atomic mass is 16.5. The van der Waals surface area contributed by atoms with Crippen molar-refractivity contribution in [2.45, 2.75) is 51.0 Å². The quantitative estimate of drug-likeness (QED) is 0.929. The number of pyridine rings is 1. The lowest BCUT2D eigenvalue weighted by molar-refractivity contribution is 0.261. The van der Waals surface area contributed by atoms with Gasteiger partial charge in [-0.3, -0.25) is 4.98 Å². The molecule has 1 saturated carbocycles. The number of aromatic nitrogens is 3. The summed E-state index contributed by atoms with van der Waals surface area (Å²) in [6.07, 6.45) is 9.97. The fourth-order valence-corrected chi connectivity index (χ4v) is 2.89. The summed E-state index contributed by atoms with van der Waals surface area (Å²) in [6, 6.07) is 1.91. The summed E-state index contributed by atoms with van der Waals surface area (Å²) >= 11 is 0. The van der Waals surface area contributed by atoms with Gasteiger partial charge >= 0.3 is 0 Å². The predicted octanol–water partition coefficient (Wildman–Crippen LogP) is 2.64. The summed E-state index contributed by atoms with van der Waals surface area (Å²) in [4.78, 5) is 8.57. The van der Waals surface area contributed by atoms with E-state index in [1.54, 1.807) is 12.4 Å². The van der Waals surface area contributed by atoms with Crippen LogP contribution < -0.4 is 5.73 Å². The first-order valence-electron chi connectivity index (χ1n) is 7.19. The van der Waals surface area contributed by atoms with E-state index in [4.69, 9.17) is 10.3 Å². The smallest absolute Gasteiger partial charge is 0.228 e. The van der Waals surface area contributed by atoms with Gasteiger partial charge in [0.05, 0.1) is 0 Å². The van der Waals surface area contributed by atoms with Crippen molar-refractivity contribution in [3.63, 3.8) is 0 Å². The second kappa shape index (κ2) is 5.32. The molecule has 0 atom stereocenters. The van der Waals surface area contributed by atoms with Crippen LogP contribution in [-0.2, 0) is 6.42 Å². The van der Waals surface area contributed by atoms with Crippen LogP contribution in [-0.4, -0.2) is 20.7 Å². The number of nitrogens with zero attached hydrogens (tertiary/aromatic N) is 3. The largest absolute Gasteiger partial charge is 0.339 e. The van der Waals surface area contributed by atoms with Crippen LogP contribution in [0.2, 0.25) is 0 Å². The molecule has 0 spiro atoms. The number of hydrogen-bond donors (Lipinski definition) is 1. The molecule has 1 aliphatic rings. The van der Waals surface area contributed by atoms with E-state index in [0.29, 0.717) is 18.1 Å². The topological polar surface area (TPSA) is 77.8 Å². The zero-order valence-electron chi connectivity index (χ0n) is 11.8. The molecule has 0 radical (unpaired) electrons. The molecule has 0 aliphatic heterocycles. The highest BCUT2D eigenvalue weighted by Gasteiger charge is 2.30. The van der Waals surface area contributed by atoms with E-state index in [1.165, 1.54) is 19.3 Å². The summed E-state index contributed by atoms with van der Waals surface area (Å²) in [5.41, 5.74) is 8.26. The molecule has 20 heavy (non-hydrogen) atoms. The van der Waals surface area contributed by atoms with Crippen molar-refractivity contribution in [3.05, 3.63) is 29.9 Å². The van der Waals surface area contributed by atoms with E-state index in [0.717, 1.165) is 24.0 Å². The van der Waals surface area contributed by atoms with Crippen molar-refractivity contribution < 1.29 is 4.52 Å². The van der Waals surface area contributed by atoms with Gasteiger partial charge in [-0.2, -0.15) is 4.98 Å². The lowest BCUT2D eigenvalue weighted by Crippen LogP contribution is -2.43. The first-order valence-corrected chi connectivity index (χ1v) is 7.19. The molecule has 0 aromatic carbocycles. The Morgan fingerprint density at radius 1 is 1.30 bits per heavy atom. The Hall–Kier alpha value is -1.75. The predicted molar refractivity (Wildman–Crippen MR) is 76.0 cm³/mol. The van der Waals surface area contributed by atoms with Crippen LogP contribution in [0.3, 0.4) is 0 Å². The third-order valence-electron chi connectivity index (χ3n) is 4.08. The van der Waals surface area contributed by atoms with E-state index in [-0.39, 0.29) is 5.54 Å². The molecule has 2 aromatic rings. The van der Waals surface area contributed by atoms with E-state index in [9.17, 15) is 0 Å². The third-order valence-corrected chi connectivity index (χ3v) is 4.08. The van der Waals surface area contributed by atoms with Gasteiger partial charge in [-0.25, -0.2) is 0 Å². The SMILES string of the molecule is Cc1cnccc1-c1noc(CC2(N)CCCCC2)n1. The first-order chi connectivity index (χ1) is 9.66. The third kappa shape index (κ3) is 2.72. The molecule has 106 valence electrons. The highest BCUT2D eigenvalue weighted by molar-refractivity contribution is 5.57. The van der Waals surface area contributed by atoms with E-state index < -0.39 is 0 Å². The maximum atomic E-state index is 6.43. The number of aryl methyl sites for hydroxylation is 1. The van der Waals surface area contributed by atoms with E-state index >= 15 is 0 Å². The van der Waals surface area contributed by atoms with Crippen LogP contribution in [0.1, 0.15) is 43.6 Å². The second-order valence-electron chi connectivity index (χ2n) is 5.80. The van der Waals surface area contributed by atoms with Crippen LogP contribution >= 0.6 is 0 Å². The average molecular weight is 272 g/mol. The van der Waals surface area contributed by atoms with Crippen LogP contribution in [0.15, 0.2) is 23.0 Å². The number of rotatable bonds is 3. The van der Waals surface area contributed by atoms with Crippen molar-refractivity contribution in [2.75, 3.05) is 0 Å². The summed E-state index contributed by atoms with van der Waals surface area (Å²) in [5.74, 6) is 1.26. The minimum absolute atomic E-state index is 0.171. The van der Waals surface area contributed by atoms with Crippen LogP contribution in [0.25, 0.3) is 11.4 Å². The molecule has 1 aliphatic carbocycles. The molecule has 2 N–H and O–H groups in total. The van der Waals surface area contributed by atoms with Gasteiger partial charge in [-0.05, 0) is 31.4 Å². The molecular weight excluding hydrogens is 252 g/mol. The molecule has 2 heterocycles. The zero-order chi connectivity index (χ0) is 14.0. The number of nitrogens with two attached hydrogens (primary N) is 1. The van der Waals surface area contributed by atoms with E-state index in [1.807, 2.05) is 13.0 Å². The molecule has 0 saturated heterocycles. The fourth-order valence-electron chi connectivity index (χ4n) is 2.89. The summed E-state index contributed by atoms with van der Waals surface area (Å²) < 4.78 is 5.38. The lowest BCUT2D eigenvalue weighted by atomic mass is 9.80. The Morgan fingerprint density at radius 3 is 2.85 bits per heavy atom. The van der Waals surface area contributed by atoms with Crippen molar-refractivity contribution in [1.29, 1.82) is 0 Å². The lowest BCUT2D eigenvalue weighted by Gasteiger charge is -2.31. The fraction of sp³-hybridized carbons (Fsp3) is 0.533. The van der Waals surface area contributed by atoms with Crippen molar-refractivity contribution in [1.82, 2.24) is 15.1 Å². The molecule has 3 rings (SSSR count). The second-order valence-corrected chi connectivity index (χ2v) is 5.80. The average Bonchev–Trinajstić information content (AvgIpc) is 2.87. The molecule has 1 fully saturated rings. The van der Waals surface area contributed by atoms with Gasteiger partial charge in [0.1, 0.15) is 0 Å². The Kier molecular flexibility index (Phi) is 3.53. The van der Waals surface area contributed by atoms with Crippen LogP contribution in [0.5, 0.6) is 0 Å². The highest BCUT2D eigenvalue weighted by Crippen LogP contribution is 2.29. The molecular formula is C15H20N4O. The normalized spacial score (nSPS) is 18.1. The maximum absolute atomic E-state index is 6.43. The monoisotopic (exact) mass is 272 g/mol. The van der Waals surface area contributed by atoms with Gasteiger partial charge in [0.25, 0.3) is 0 Å². The van der Waals surface area contributed by atoms with Gasteiger partial charge in [-0.1, -0.05) is 24.4 Å². The molecule has 2 aromatic heterocycles. The minimum atomic E-state index is -0.171. The molecule has 0 bridgehead atoms. The zero-order valence-corrected chi connectivity index (χ0v) is 11.8. The van der Waals surface area contributed by atoms with Gasteiger partial charge < -0.3 is 10.3 Å². The standard InChI is InChI=1S/C15H20N4O/c1-11-10-17-8-5-12(11)14-18-13(20-19-14)9-15(16)6-3-2-4-7-15/h5,8,10H,2-4,6-7,9,16H2,1H3. The Balaban J connectivity index is 1.79. The van der Waals surface area contributed by atoms with Gasteiger partial charge in [0, 0.05) is 29.9 Å². The van der Waals surface area contributed by atoms with Crippen molar-refractivity contribution in [2.24, 2.45) is 5.73 Å². The Labute approximate surface area is 118 Å². The van der Waals surface area contributed by atoms with Crippen molar-refractivity contribution >= 4 is 0 Å². The minimum Gasteiger partial charge on any atom is -0.339 e. The summed E-state index contributed by atoms with van der Waals surface area (Å²) in [6.45, 7) is 1.99. The van der Waals surface area contributed by atoms with Crippen molar-refractivity contribution in [3.8, 4) is 11.4 Å². The van der Waals surface area contributed by atoms with Gasteiger partial charge in [-0.15, -0.1) is 0 Å². The van der Waals surface area contributed by atoms with Gasteiger partial charge in [0.15, 0.2) is 0 Å². The number of hydrogen-bond acceptors (Lipinski definition) is 5. The summed E-state index contributed by atoms with van der Waals surface area (Å²) in [5, 5.41) is 4.07. The summed E-state index contributed by atoms with van der Waals surface area (Å²) in [7, 11) is 0. The molecule has 5 nitrogen and oxygen atoms in total. The Morgan fingerprint density at radius 2 is 2.10 bits per heavy atom. The molecule has 5 heteroatoms. The first kappa shape index (κ1) is 13.2. The Bertz CT molecular complexity index is 587. The van der Waals surface area contributed by atoms with Crippen LogP contribution in [0.4, 0.5) is 0 Å². The molecule has 0 unspecified atom stereocenters. The van der Waals surface area contributed by atoms with Gasteiger partial charge in [0.2, 0.25) is 11.7 Å². The van der Waals surface area contributed by atoms with Crippen LogP contribution in [0, 0.1) is 6.92 Å². The maximum Gasteiger partial charge on any atom is 0.228 e. The van der Waals surface area contributed by atoms with E-state index in [2.05, 4.69) is 15.1 Å². The molecule has 0 amide bonds.